The van der Waals surface area contributed by atoms with Gasteiger partial charge in [0.15, 0.2) is 0 Å². The molecule has 1 aliphatic rings. The summed E-state index contributed by atoms with van der Waals surface area (Å²) in [5, 5.41) is 2.69. The number of halogens is 3. The first kappa shape index (κ1) is 16.3. The Hall–Kier alpha value is -0.780. The molecule has 1 rings (SSSR count). The smallest absolute Gasteiger partial charge is 0.353 e. The van der Waals surface area contributed by atoms with Gasteiger partial charge in [-0.3, -0.25) is 4.79 Å². The summed E-state index contributed by atoms with van der Waals surface area (Å²) in [6.07, 6.45) is -0.999. The summed E-state index contributed by atoms with van der Waals surface area (Å²) < 4.78 is 37.9. The molecule has 1 fully saturated rings. The molecule has 0 aromatic rings. The number of hydrogen-bond donors (Lipinski definition) is 2. The van der Waals surface area contributed by atoms with Gasteiger partial charge in [-0.25, -0.2) is 0 Å². The van der Waals surface area contributed by atoms with Gasteiger partial charge in [-0.15, -0.1) is 0 Å². The predicted molar refractivity (Wildman–Crippen MR) is 67.4 cm³/mol. The number of rotatable bonds is 5. The van der Waals surface area contributed by atoms with E-state index in [1.54, 1.807) is 0 Å². The zero-order valence-corrected chi connectivity index (χ0v) is 11.3. The van der Waals surface area contributed by atoms with Crippen molar-refractivity contribution in [2.24, 2.45) is 11.7 Å². The fourth-order valence-corrected chi connectivity index (χ4v) is 2.62. The van der Waals surface area contributed by atoms with E-state index in [1.807, 2.05) is 6.92 Å². The van der Waals surface area contributed by atoms with Crippen LogP contribution in [0.25, 0.3) is 0 Å². The van der Waals surface area contributed by atoms with Crippen LogP contribution in [0.15, 0.2) is 0 Å². The Balaban J connectivity index is 2.38. The van der Waals surface area contributed by atoms with Crippen molar-refractivity contribution in [3.8, 4) is 0 Å². The molecule has 3 atom stereocenters. The van der Waals surface area contributed by atoms with Crippen molar-refractivity contribution in [2.45, 2.75) is 70.1 Å². The minimum atomic E-state index is -4.15. The highest BCUT2D eigenvalue weighted by Crippen LogP contribution is 2.37. The standard InChI is InChI=1S/C13H23F3N2O/c1-2-4-10(17)8-12(19)18-11-6-3-5-9(7-11)13(14,15)16/h9-11H,2-8,17H2,1H3,(H,18,19). The van der Waals surface area contributed by atoms with E-state index in [1.165, 1.54) is 0 Å². The monoisotopic (exact) mass is 280 g/mol. The molecule has 0 saturated heterocycles. The van der Waals surface area contributed by atoms with Crippen LogP contribution in [0, 0.1) is 5.92 Å². The van der Waals surface area contributed by atoms with Crippen LogP contribution >= 0.6 is 0 Å². The predicted octanol–water partition coefficient (Wildman–Crippen LogP) is 2.74. The number of hydrogen-bond acceptors (Lipinski definition) is 2. The van der Waals surface area contributed by atoms with Gasteiger partial charge in [-0.1, -0.05) is 19.8 Å². The van der Waals surface area contributed by atoms with Gasteiger partial charge in [-0.2, -0.15) is 13.2 Å². The molecular formula is C13H23F3N2O. The number of carbonyl (C=O) groups excluding carboxylic acids is 1. The van der Waals surface area contributed by atoms with Crippen molar-refractivity contribution in [3.05, 3.63) is 0 Å². The molecule has 0 spiro atoms. The van der Waals surface area contributed by atoms with Crippen LogP contribution in [-0.4, -0.2) is 24.2 Å². The molecule has 3 nitrogen and oxygen atoms in total. The molecule has 1 aliphatic carbocycles. The van der Waals surface area contributed by atoms with Gasteiger partial charge >= 0.3 is 6.18 Å². The molecule has 19 heavy (non-hydrogen) atoms. The largest absolute Gasteiger partial charge is 0.391 e. The second kappa shape index (κ2) is 7.12. The van der Waals surface area contributed by atoms with Gasteiger partial charge < -0.3 is 11.1 Å². The average Bonchev–Trinajstić information content (AvgIpc) is 2.28. The zero-order chi connectivity index (χ0) is 14.5. The number of nitrogens with one attached hydrogen (secondary N) is 1. The lowest BCUT2D eigenvalue weighted by Crippen LogP contribution is -2.43. The van der Waals surface area contributed by atoms with E-state index >= 15 is 0 Å². The lowest BCUT2D eigenvalue weighted by molar-refractivity contribution is -0.184. The van der Waals surface area contributed by atoms with Gasteiger partial charge in [0.25, 0.3) is 0 Å². The normalized spacial score (nSPS) is 25.9. The van der Waals surface area contributed by atoms with Crippen LogP contribution in [0.1, 0.15) is 51.9 Å². The number of amides is 1. The zero-order valence-electron chi connectivity index (χ0n) is 11.3. The molecule has 112 valence electrons. The molecule has 0 bridgehead atoms. The number of carbonyl (C=O) groups is 1. The number of alkyl halides is 3. The maximum Gasteiger partial charge on any atom is 0.391 e. The van der Waals surface area contributed by atoms with Crippen molar-refractivity contribution in [1.29, 1.82) is 0 Å². The van der Waals surface area contributed by atoms with Crippen LogP contribution in [0.5, 0.6) is 0 Å². The molecule has 0 heterocycles. The van der Waals surface area contributed by atoms with E-state index in [4.69, 9.17) is 5.73 Å². The fraction of sp³-hybridized carbons (Fsp3) is 0.923. The molecule has 6 heteroatoms. The van der Waals surface area contributed by atoms with Crippen molar-refractivity contribution < 1.29 is 18.0 Å². The minimum absolute atomic E-state index is 0.00173. The van der Waals surface area contributed by atoms with E-state index in [0.717, 1.165) is 12.8 Å². The van der Waals surface area contributed by atoms with Crippen LogP contribution in [-0.2, 0) is 4.79 Å². The summed E-state index contributed by atoms with van der Waals surface area (Å²) in [4.78, 5) is 11.7. The van der Waals surface area contributed by atoms with Crippen molar-refractivity contribution in [1.82, 2.24) is 5.32 Å². The third-order valence-electron chi connectivity index (χ3n) is 3.61. The molecule has 1 saturated carbocycles. The highest BCUT2D eigenvalue weighted by molar-refractivity contribution is 5.76. The average molecular weight is 280 g/mol. The Morgan fingerprint density at radius 3 is 2.68 bits per heavy atom. The molecule has 0 aromatic carbocycles. The maximum absolute atomic E-state index is 12.6. The van der Waals surface area contributed by atoms with Gasteiger partial charge in [0.05, 0.1) is 5.92 Å². The molecular weight excluding hydrogens is 257 g/mol. The Bertz CT molecular complexity index is 294. The first-order valence-electron chi connectivity index (χ1n) is 6.94. The van der Waals surface area contributed by atoms with Crippen LogP contribution in [0.3, 0.4) is 0 Å². The lowest BCUT2D eigenvalue weighted by atomic mass is 9.85. The van der Waals surface area contributed by atoms with E-state index in [-0.39, 0.29) is 37.3 Å². The highest BCUT2D eigenvalue weighted by Gasteiger charge is 2.42. The summed E-state index contributed by atoms with van der Waals surface area (Å²) in [6.45, 7) is 1.98. The van der Waals surface area contributed by atoms with Crippen molar-refractivity contribution >= 4 is 5.91 Å². The highest BCUT2D eigenvalue weighted by atomic mass is 19.4. The summed E-state index contributed by atoms with van der Waals surface area (Å²) >= 11 is 0. The van der Waals surface area contributed by atoms with Crippen molar-refractivity contribution in [2.75, 3.05) is 0 Å². The van der Waals surface area contributed by atoms with E-state index in [2.05, 4.69) is 5.32 Å². The molecule has 0 aromatic heterocycles. The third kappa shape index (κ3) is 5.80. The summed E-state index contributed by atoms with van der Waals surface area (Å²) in [6, 6.07) is -0.561. The van der Waals surface area contributed by atoms with Crippen LogP contribution in [0.4, 0.5) is 13.2 Å². The second-order valence-electron chi connectivity index (χ2n) is 5.42. The van der Waals surface area contributed by atoms with E-state index in [0.29, 0.717) is 12.8 Å². The second-order valence-corrected chi connectivity index (χ2v) is 5.42. The molecule has 0 aliphatic heterocycles. The van der Waals surface area contributed by atoms with E-state index < -0.39 is 12.1 Å². The topological polar surface area (TPSA) is 55.1 Å². The summed E-state index contributed by atoms with van der Waals surface area (Å²) in [7, 11) is 0. The van der Waals surface area contributed by atoms with Gasteiger partial charge in [0.1, 0.15) is 0 Å². The minimum Gasteiger partial charge on any atom is -0.353 e. The molecule has 3 N–H and O–H groups in total. The first-order valence-corrected chi connectivity index (χ1v) is 6.94. The summed E-state index contributed by atoms with van der Waals surface area (Å²) in [5.41, 5.74) is 5.75. The van der Waals surface area contributed by atoms with Gasteiger partial charge in [0.2, 0.25) is 5.91 Å². The fourth-order valence-electron chi connectivity index (χ4n) is 2.62. The Labute approximate surface area is 112 Å². The van der Waals surface area contributed by atoms with Crippen molar-refractivity contribution in [3.63, 3.8) is 0 Å². The molecule has 0 radical (unpaired) electrons. The van der Waals surface area contributed by atoms with Gasteiger partial charge in [0, 0.05) is 18.5 Å². The first-order chi connectivity index (χ1) is 8.82. The quantitative estimate of drug-likeness (QED) is 0.813. The Morgan fingerprint density at radius 2 is 2.11 bits per heavy atom. The summed E-state index contributed by atoms with van der Waals surface area (Å²) in [5.74, 6) is -1.51. The van der Waals surface area contributed by atoms with Gasteiger partial charge in [-0.05, 0) is 25.7 Å². The Kier molecular flexibility index (Phi) is 6.10. The van der Waals surface area contributed by atoms with Crippen LogP contribution in [0.2, 0.25) is 0 Å². The van der Waals surface area contributed by atoms with Crippen LogP contribution < -0.4 is 11.1 Å². The van der Waals surface area contributed by atoms with E-state index in [9.17, 15) is 18.0 Å². The lowest BCUT2D eigenvalue weighted by Gasteiger charge is -2.31. The SMILES string of the molecule is CCCC(N)CC(=O)NC1CCCC(C(F)(F)F)C1. The molecule has 3 unspecified atom stereocenters. The Morgan fingerprint density at radius 1 is 1.42 bits per heavy atom. The third-order valence-corrected chi connectivity index (χ3v) is 3.61. The molecule has 1 amide bonds. The number of nitrogens with two attached hydrogens (primary N) is 1. The maximum atomic E-state index is 12.6.